The molecule has 4 heteroatoms. The van der Waals surface area contributed by atoms with Gasteiger partial charge in [0, 0.05) is 18.3 Å². The summed E-state index contributed by atoms with van der Waals surface area (Å²) in [5.41, 5.74) is -2.66. The molecule has 2 fully saturated rings. The molecule has 2 bridgehead atoms. The summed E-state index contributed by atoms with van der Waals surface area (Å²) >= 11 is 0. The fourth-order valence-electron chi connectivity index (χ4n) is 3.08. The van der Waals surface area contributed by atoms with Crippen LogP contribution in [0.1, 0.15) is 33.6 Å². The van der Waals surface area contributed by atoms with Gasteiger partial charge in [-0.3, -0.25) is 4.79 Å². The van der Waals surface area contributed by atoms with Crippen molar-refractivity contribution in [2.45, 2.75) is 50.9 Å². The van der Waals surface area contributed by atoms with Gasteiger partial charge in [0.25, 0.3) is 0 Å². The fraction of sp³-hybridized carbons (Fsp3) is 0.769. The van der Waals surface area contributed by atoms with Crippen molar-refractivity contribution in [2.24, 2.45) is 5.41 Å². The molecule has 96 valence electrons. The molecule has 0 radical (unpaired) electrons. The lowest BCUT2D eigenvalue weighted by Crippen LogP contribution is -2.60. The van der Waals surface area contributed by atoms with Gasteiger partial charge in [0.05, 0.1) is 12.7 Å². The number of ether oxygens (including phenoxy) is 1. The largest absolute Gasteiger partial charge is 0.389 e. The SMILES string of the molecule is CC(O)/C=C/[C@]1(O)[C@]2(C)CO[C@@]1(C)CC(=O)C2. The minimum Gasteiger partial charge on any atom is -0.389 e. The molecule has 0 aromatic rings. The molecule has 0 aromatic carbocycles. The Labute approximate surface area is 101 Å². The Morgan fingerprint density at radius 1 is 1.41 bits per heavy atom. The van der Waals surface area contributed by atoms with Gasteiger partial charge in [0.1, 0.15) is 17.0 Å². The van der Waals surface area contributed by atoms with E-state index in [1.54, 1.807) is 26.0 Å². The van der Waals surface area contributed by atoms with Crippen molar-refractivity contribution < 1.29 is 19.7 Å². The van der Waals surface area contributed by atoms with E-state index in [0.29, 0.717) is 13.0 Å². The van der Waals surface area contributed by atoms with Crippen LogP contribution in [0.2, 0.25) is 0 Å². The molecule has 2 aliphatic rings. The summed E-state index contributed by atoms with van der Waals surface area (Å²) in [7, 11) is 0. The molecular formula is C13H20O4. The third-order valence-corrected chi connectivity index (χ3v) is 4.17. The highest BCUT2D eigenvalue weighted by atomic mass is 16.5. The molecule has 1 heterocycles. The molecule has 0 aromatic heterocycles. The van der Waals surface area contributed by atoms with E-state index in [1.165, 1.54) is 0 Å². The maximum absolute atomic E-state index is 11.7. The number of hydrogen-bond donors (Lipinski definition) is 2. The van der Waals surface area contributed by atoms with Crippen molar-refractivity contribution in [1.82, 2.24) is 0 Å². The average Bonchev–Trinajstić information content (AvgIpc) is 2.33. The second-order valence-electron chi connectivity index (χ2n) is 5.84. The predicted molar refractivity (Wildman–Crippen MR) is 62.5 cm³/mol. The summed E-state index contributed by atoms with van der Waals surface area (Å²) in [6.45, 7) is 5.63. The Morgan fingerprint density at radius 3 is 2.59 bits per heavy atom. The Balaban J connectivity index is 2.42. The van der Waals surface area contributed by atoms with Gasteiger partial charge in [-0.2, -0.15) is 0 Å². The minimum absolute atomic E-state index is 0.127. The molecule has 0 amide bonds. The van der Waals surface area contributed by atoms with E-state index in [-0.39, 0.29) is 12.2 Å². The van der Waals surface area contributed by atoms with E-state index in [0.717, 1.165) is 0 Å². The highest BCUT2D eigenvalue weighted by Gasteiger charge is 2.67. The van der Waals surface area contributed by atoms with Gasteiger partial charge in [-0.25, -0.2) is 0 Å². The maximum atomic E-state index is 11.7. The average molecular weight is 240 g/mol. The van der Waals surface area contributed by atoms with Crippen LogP contribution in [0.3, 0.4) is 0 Å². The second kappa shape index (κ2) is 3.64. The standard InChI is InChI=1S/C13H20O4/c1-9(14)4-5-13(16)11(2)6-10(15)7-12(13,3)17-8-11/h4-5,9,14,16H,6-8H2,1-3H3/b5-4+/t9?,11-,12-,13-/m0/s1. The van der Waals surface area contributed by atoms with E-state index in [9.17, 15) is 15.0 Å². The van der Waals surface area contributed by atoms with Crippen LogP contribution in [0.15, 0.2) is 12.2 Å². The third kappa shape index (κ3) is 1.66. The van der Waals surface area contributed by atoms with Crippen LogP contribution in [0.25, 0.3) is 0 Å². The van der Waals surface area contributed by atoms with Crippen LogP contribution in [0, 0.1) is 5.41 Å². The van der Waals surface area contributed by atoms with Crippen molar-refractivity contribution in [3.8, 4) is 0 Å². The predicted octanol–water partition coefficient (Wildman–Crippen LogP) is 0.813. The molecule has 1 aliphatic heterocycles. The van der Waals surface area contributed by atoms with Crippen molar-refractivity contribution in [1.29, 1.82) is 0 Å². The first-order valence-electron chi connectivity index (χ1n) is 5.98. The van der Waals surface area contributed by atoms with Gasteiger partial charge in [-0.1, -0.05) is 19.1 Å². The smallest absolute Gasteiger partial charge is 0.136 e. The lowest BCUT2D eigenvalue weighted by Gasteiger charge is -2.47. The number of hydrogen-bond acceptors (Lipinski definition) is 4. The number of ketones is 1. The Hall–Kier alpha value is -0.710. The Kier molecular flexibility index (Phi) is 2.73. The zero-order valence-electron chi connectivity index (χ0n) is 10.6. The van der Waals surface area contributed by atoms with Gasteiger partial charge in [-0.15, -0.1) is 0 Å². The number of fused-ring (bicyclic) bond motifs is 2. The van der Waals surface area contributed by atoms with Crippen LogP contribution in [-0.2, 0) is 9.53 Å². The van der Waals surface area contributed by atoms with Crippen LogP contribution >= 0.6 is 0 Å². The molecule has 1 saturated carbocycles. The van der Waals surface area contributed by atoms with Crippen molar-refractivity contribution in [3.05, 3.63) is 12.2 Å². The lowest BCUT2D eigenvalue weighted by molar-refractivity contribution is -0.151. The van der Waals surface area contributed by atoms with E-state index in [2.05, 4.69) is 0 Å². The van der Waals surface area contributed by atoms with Gasteiger partial charge in [0.2, 0.25) is 0 Å². The molecule has 0 spiro atoms. The van der Waals surface area contributed by atoms with E-state index < -0.39 is 22.7 Å². The zero-order chi connectivity index (χ0) is 12.9. The molecule has 1 aliphatic carbocycles. The van der Waals surface area contributed by atoms with Crippen molar-refractivity contribution >= 4 is 5.78 Å². The number of aliphatic hydroxyl groups is 2. The summed E-state index contributed by atoms with van der Waals surface area (Å²) in [6, 6.07) is 0. The number of aliphatic hydroxyl groups excluding tert-OH is 1. The van der Waals surface area contributed by atoms with Gasteiger partial charge in [0.15, 0.2) is 0 Å². The van der Waals surface area contributed by atoms with Crippen LogP contribution in [0.4, 0.5) is 0 Å². The molecule has 1 unspecified atom stereocenters. The highest BCUT2D eigenvalue weighted by molar-refractivity contribution is 5.82. The summed E-state index contributed by atoms with van der Waals surface area (Å²) in [4.78, 5) is 11.7. The van der Waals surface area contributed by atoms with Crippen molar-refractivity contribution in [2.75, 3.05) is 6.61 Å². The monoisotopic (exact) mass is 240 g/mol. The number of carbonyl (C=O) groups is 1. The van der Waals surface area contributed by atoms with Crippen molar-refractivity contribution in [3.63, 3.8) is 0 Å². The van der Waals surface area contributed by atoms with Crippen LogP contribution in [0.5, 0.6) is 0 Å². The quantitative estimate of drug-likeness (QED) is 0.701. The zero-order valence-corrected chi connectivity index (χ0v) is 10.6. The summed E-state index contributed by atoms with van der Waals surface area (Å²) < 4.78 is 5.68. The minimum atomic E-state index is -1.19. The molecule has 2 rings (SSSR count). The third-order valence-electron chi connectivity index (χ3n) is 4.17. The van der Waals surface area contributed by atoms with Gasteiger partial charge < -0.3 is 14.9 Å². The van der Waals surface area contributed by atoms with Gasteiger partial charge >= 0.3 is 0 Å². The normalized spacial score (nSPS) is 47.7. The molecule has 17 heavy (non-hydrogen) atoms. The number of carbonyl (C=O) groups excluding carboxylic acids is 1. The van der Waals surface area contributed by atoms with E-state index in [4.69, 9.17) is 4.74 Å². The van der Waals surface area contributed by atoms with E-state index in [1.807, 2.05) is 6.92 Å². The molecule has 1 saturated heterocycles. The lowest BCUT2D eigenvalue weighted by atomic mass is 9.59. The summed E-state index contributed by atoms with van der Waals surface area (Å²) in [6.07, 6.45) is 3.09. The molecule has 4 nitrogen and oxygen atoms in total. The summed E-state index contributed by atoms with van der Waals surface area (Å²) in [5, 5.41) is 20.2. The first kappa shape index (κ1) is 12.7. The van der Waals surface area contributed by atoms with Crippen LogP contribution < -0.4 is 0 Å². The first-order valence-corrected chi connectivity index (χ1v) is 5.98. The summed E-state index contributed by atoms with van der Waals surface area (Å²) in [5.74, 6) is 0.127. The molecule has 4 atom stereocenters. The van der Waals surface area contributed by atoms with E-state index >= 15 is 0 Å². The molecule has 2 N–H and O–H groups in total. The second-order valence-corrected chi connectivity index (χ2v) is 5.84. The number of Topliss-reactive ketones (excluding diaryl/α,β-unsaturated/α-hetero) is 1. The van der Waals surface area contributed by atoms with Gasteiger partial charge in [-0.05, 0) is 13.8 Å². The Bertz CT molecular complexity index is 352. The molecular weight excluding hydrogens is 220 g/mol. The maximum Gasteiger partial charge on any atom is 0.136 e. The first-order chi connectivity index (χ1) is 7.72. The topological polar surface area (TPSA) is 66.8 Å². The van der Waals surface area contributed by atoms with Crippen LogP contribution in [-0.4, -0.2) is 39.9 Å². The number of rotatable bonds is 2. The highest BCUT2D eigenvalue weighted by Crippen LogP contribution is 2.56. The Morgan fingerprint density at radius 2 is 2.06 bits per heavy atom. The fourth-order valence-corrected chi connectivity index (χ4v) is 3.08.